The summed E-state index contributed by atoms with van der Waals surface area (Å²) in [5, 5.41) is 10.2. The third-order valence-electron chi connectivity index (χ3n) is 4.46. The van der Waals surface area contributed by atoms with Crippen molar-refractivity contribution in [3.63, 3.8) is 0 Å². The van der Waals surface area contributed by atoms with E-state index in [0.29, 0.717) is 10.3 Å². The molecule has 1 N–H and O–H groups in total. The third kappa shape index (κ3) is 3.14. The number of nitrogens with zero attached hydrogens (tertiary/aromatic N) is 2. The molecule has 1 aliphatic rings. The Morgan fingerprint density at radius 3 is 2.55 bits per heavy atom. The second-order valence-corrected chi connectivity index (χ2v) is 6.96. The van der Waals surface area contributed by atoms with Crippen LogP contribution in [0.3, 0.4) is 0 Å². The van der Waals surface area contributed by atoms with Crippen LogP contribution in [0.25, 0.3) is 0 Å². The largest absolute Gasteiger partial charge is 0.477 e. The molecule has 0 atom stereocenters. The van der Waals surface area contributed by atoms with Crippen molar-refractivity contribution in [3.05, 3.63) is 10.6 Å². The van der Waals surface area contributed by atoms with Crippen molar-refractivity contribution in [1.29, 1.82) is 0 Å². The van der Waals surface area contributed by atoms with E-state index in [0.717, 1.165) is 49.6 Å². The first-order valence-electron chi connectivity index (χ1n) is 7.47. The van der Waals surface area contributed by atoms with Crippen molar-refractivity contribution in [2.45, 2.75) is 52.9 Å². The van der Waals surface area contributed by atoms with Crippen molar-refractivity contribution in [1.82, 2.24) is 4.98 Å². The van der Waals surface area contributed by atoms with Crippen molar-refractivity contribution < 1.29 is 9.90 Å². The normalized spacial score (nSPS) is 18.2. The molecule has 112 valence electrons. The van der Waals surface area contributed by atoms with Crippen LogP contribution in [0, 0.1) is 5.41 Å². The van der Waals surface area contributed by atoms with E-state index in [1.165, 1.54) is 17.8 Å². The molecule has 1 aliphatic heterocycles. The highest BCUT2D eigenvalue weighted by atomic mass is 32.1. The van der Waals surface area contributed by atoms with Gasteiger partial charge in [0.2, 0.25) is 0 Å². The lowest BCUT2D eigenvalue weighted by atomic mass is 9.78. The highest BCUT2D eigenvalue weighted by molar-refractivity contribution is 7.17. The minimum Gasteiger partial charge on any atom is -0.477 e. The molecule has 5 heteroatoms. The van der Waals surface area contributed by atoms with E-state index in [1.54, 1.807) is 0 Å². The number of carboxylic acids is 1. The topological polar surface area (TPSA) is 53.4 Å². The second-order valence-electron chi connectivity index (χ2n) is 5.98. The number of piperidine rings is 1. The van der Waals surface area contributed by atoms with E-state index < -0.39 is 5.97 Å². The van der Waals surface area contributed by atoms with Crippen LogP contribution >= 0.6 is 11.3 Å². The molecule has 2 heterocycles. The van der Waals surface area contributed by atoms with E-state index in [-0.39, 0.29) is 0 Å². The maximum atomic E-state index is 11.3. The summed E-state index contributed by atoms with van der Waals surface area (Å²) in [5.41, 5.74) is 1.19. The van der Waals surface area contributed by atoms with E-state index in [9.17, 15) is 9.90 Å². The average Bonchev–Trinajstić information content (AvgIpc) is 2.84. The summed E-state index contributed by atoms with van der Waals surface area (Å²) >= 11 is 1.34. The molecular formula is C15H24N2O2S. The Kier molecular flexibility index (Phi) is 4.68. The van der Waals surface area contributed by atoms with Crippen LogP contribution in [0.2, 0.25) is 0 Å². The molecule has 4 nitrogen and oxygen atoms in total. The maximum absolute atomic E-state index is 11.3. The van der Waals surface area contributed by atoms with Gasteiger partial charge in [-0.25, -0.2) is 9.78 Å². The zero-order chi connectivity index (χ0) is 14.8. The standard InChI is InChI=1S/C15H24N2O2S/c1-4-6-11-12(13(18)19)20-14(16-11)17-9-7-15(3,5-2)8-10-17/h4-10H2,1-3H3,(H,18,19). The summed E-state index contributed by atoms with van der Waals surface area (Å²) in [7, 11) is 0. The lowest BCUT2D eigenvalue weighted by Gasteiger charge is -2.38. The number of anilines is 1. The molecule has 0 unspecified atom stereocenters. The van der Waals surface area contributed by atoms with Crippen molar-refractivity contribution in [2.24, 2.45) is 5.41 Å². The van der Waals surface area contributed by atoms with E-state index >= 15 is 0 Å². The van der Waals surface area contributed by atoms with Gasteiger partial charge in [-0.15, -0.1) is 0 Å². The van der Waals surface area contributed by atoms with Crippen molar-refractivity contribution in [2.75, 3.05) is 18.0 Å². The van der Waals surface area contributed by atoms with Crippen molar-refractivity contribution >= 4 is 22.4 Å². The van der Waals surface area contributed by atoms with Gasteiger partial charge in [0.1, 0.15) is 4.88 Å². The smallest absolute Gasteiger partial charge is 0.347 e. The van der Waals surface area contributed by atoms with Gasteiger partial charge < -0.3 is 10.0 Å². The molecule has 0 aromatic carbocycles. The number of aromatic nitrogens is 1. The zero-order valence-corrected chi connectivity index (χ0v) is 13.4. The molecule has 0 bridgehead atoms. The molecule has 20 heavy (non-hydrogen) atoms. The summed E-state index contributed by atoms with van der Waals surface area (Å²) in [6.45, 7) is 8.63. The molecule has 0 radical (unpaired) electrons. The van der Waals surface area contributed by atoms with Gasteiger partial charge in [0, 0.05) is 13.1 Å². The fourth-order valence-corrected chi connectivity index (χ4v) is 3.64. The van der Waals surface area contributed by atoms with Crippen LogP contribution in [-0.2, 0) is 6.42 Å². The van der Waals surface area contributed by atoms with Crippen LogP contribution in [0.5, 0.6) is 0 Å². The molecule has 1 aromatic rings. The summed E-state index contributed by atoms with van der Waals surface area (Å²) in [6, 6.07) is 0. The fraction of sp³-hybridized carbons (Fsp3) is 0.733. The van der Waals surface area contributed by atoms with Crippen LogP contribution in [0.1, 0.15) is 61.8 Å². The number of hydrogen-bond donors (Lipinski definition) is 1. The Morgan fingerprint density at radius 1 is 1.40 bits per heavy atom. The Labute approximate surface area is 124 Å². The minimum atomic E-state index is -0.840. The predicted molar refractivity (Wildman–Crippen MR) is 82.9 cm³/mol. The first-order valence-corrected chi connectivity index (χ1v) is 8.28. The van der Waals surface area contributed by atoms with Gasteiger partial charge in [-0.1, -0.05) is 44.9 Å². The molecule has 1 saturated heterocycles. The Morgan fingerprint density at radius 2 is 2.05 bits per heavy atom. The highest BCUT2D eigenvalue weighted by Gasteiger charge is 2.30. The minimum absolute atomic E-state index is 0.422. The lowest BCUT2D eigenvalue weighted by Crippen LogP contribution is -2.38. The van der Waals surface area contributed by atoms with E-state index in [2.05, 4.69) is 30.7 Å². The number of hydrogen-bond acceptors (Lipinski definition) is 4. The number of rotatable bonds is 5. The average molecular weight is 296 g/mol. The quantitative estimate of drug-likeness (QED) is 0.897. The first kappa shape index (κ1) is 15.3. The summed E-state index contributed by atoms with van der Waals surface area (Å²) in [5.74, 6) is -0.840. The number of aryl methyl sites for hydroxylation is 1. The Balaban J connectivity index is 2.14. The monoisotopic (exact) mass is 296 g/mol. The molecule has 0 saturated carbocycles. The first-order chi connectivity index (χ1) is 9.49. The predicted octanol–water partition coefficient (Wildman–Crippen LogP) is 3.81. The van der Waals surface area contributed by atoms with E-state index in [1.807, 2.05) is 0 Å². The summed E-state index contributed by atoms with van der Waals surface area (Å²) < 4.78 is 0. The molecule has 1 aromatic heterocycles. The fourth-order valence-electron chi connectivity index (χ4n) is 2.64. The molecule has 0 spiro atoms. The van der Waals surface area contributed by atoms with Crippen molar-refractivity contribution in [3.8, 4) is 0 Å². The van der Waals surface area contributed by atoms with E-state index in [4.69, 9.17) is 0 Å². The van der Waals surface area contributed by atoms with Gasteiger partial charge in [-0.3, -0.25) is 0 Å². The second kappa shape index (κ2) is 6.12. The Hall–Kier alpha value is -1.10. The van der Waals surface area contributed by atoms with Gasteiger partial charge in [0.25, 0.3) is 0 Å². The van der Waals surface area contributed by atoms with Gasteiger partial charge in [-0.05, 0) is 24.7 Å². The number of thiazole rings is 1. The molecular weight excluding hydrogens is 272 g/mol. The summed E-state index contributed by atoms with van der Waals surface area (Å²) in [4.78, 5) is 18.6. The third-order valence-corrected chi connectivity index (χ3v) is 5.61. The lowest BCUT2D eigenvalue weighted by molar-refractivity contribution is 0.0700. The van der Waals surface area contributed by atoms with Crippen LogP contribution in [-0.4, -0.2) is 29.1 Å². The Bertz CT molecular complexity index is 476. The zero-order valence-electron chi connectivity index (χ0n) is 12.6. The van der Waals surface area contributed by atoms with Crippen LogP contribution in [0.4, 0.5) is 5.13 Å². The van der Waals surface area contributed by atoms with Crippen LogP contribution in [0.15, 0.2) is 0 Å². The maximum Gasteiger partial charge on any atom is 0.347 e. The molecule has 0 aliphatic carbocycles. The SMILES string of the molecule is CCCc1nc(N2CCC(C)(CC)CC2)sc1C(=O)O. The molecule has 1 fully saturated rings. The van der Waals surface area contributed by atoms with Gasteiger partial charge in [0.15, 0.2) is 5.13 Å². The van der Waals surface area contributed by atoms with Crippen LogP contribution < -0.4 is 4.90 Å². The highest BCUT2D eigenvalue weighted by Crippen LogP contribution is 2.37. The molecule has 0 amide bonds. The number of aromatic carboxylic acids is 1. The van der Waals surface area contributed by atoms with Gasteiger partial charge >= 0.3 is 5.97 Å². The number of carboxylic acid groups (broad SMARTS) is 1. The molecule has 2 rings (SSSR count). The summed E-state index contributed by atoms with van der Waals surface area (Å²) in [6.07, 6.45) is 5.21. The van der Waals surface area contributed by atoms with Gasteiger partial charge in [0.05, 0.1) is 5.69 Å². The number of carbonyl (C=O) groups is 1. The van der Waals surface area contributed by atoms with Gasteiger partial charge in [-0.2, -0.15) is 0 Å².